The smallest absolute Gasteiger partial charge is 0.234 e. The van der Waals surface area contributed by atoms with E-state index in [9.17, 15) is 10.1 Å². The van der Waals surface area contributed by atoms with Gasteiger partial charge in [-0.3, -0.25) is 20.8 Å². The number of nitriles is 1. The Hall–Kier alpha value is -3.45. The highest BCUT2D eigenvalue weighted by Crippen LogP contribution is 2.46. The van der Waals surface area contributed by atoms with Crippen molar-refractivity contribution in [2.75, 3.05) is 13.8 Å². The van der Waals surface area contributed by atoms with E-state index in [2.05, 4.69) is 16.4 Å². The monoisotopic (exact) mass is 447 g/mol. The number of aromatic nitrogens is 1. The number of nitrogens with two attached hydrogens (primary N) is 1. The number of benzene rings is 1. The standard InChI is InChI=1S/C23H21N5O3S/c1-23(19-7-16(11-32-19)15-5-13(8-24)9-26-10-15)20(21(29)28(2)22(25)27-23)14-3-4-17-18(6-14)31-12-30-17/h3-7,9-11,20,22,27H,12,25H2,1-2H3/t20?,22?,23-/m1/s1. The van der Waals surface area contributed by atoms with Crippen LogP contribution >= 0.6 is 11.3 Å². The molecule has 3 N–H and O–H groups in total. The summed E-state index contributed by atoms with van der Waals surface area (Å²) in [5, 5.41) is 14.6. The van der Waals surface area contributed by atoms with E-state index in [1.54, 1.807) is 19.3 Å². The van der Waals surface area contributed by atoms with Crippen molar-refractivity contribution in [3.05, 3.63) is 64.1 Å². The zero-order chi connectivity index (χ0) is 22.5. The SMILES string of the molecule is CN1C(=O)C(c2ccc3c(c2)OCO3)[C@@](C)(c2cc(-c3cncc(C#N)c3)cs2)NC1N. The average Bonchev–Trinajstić information content (AvgIpc) is 3.47. The maximum absolute atomic E-state index is 13.5. The van der Waals surface area contributed by atoms with Gasteiger partial charge >= 0.3 is 0 Å². The molecule has 3 aromatic rings. The Morgan fingerprint density at radius 1 is 1.25 bits per heavy atom. The lowest BCUT2D eigenvalue weighted by atomic mass is 9.76. The molecule has 5 rings (SSSR count). The minimum absolute atomic E-state index is 0.0827. The van der Waals surface area contributed by atoms with Gasteiger partial charge < -0.3 is 14.4 Å². The lowest BCUT2D eigenvalue weighted by Gasteiger charge is -2.47. The molecule has 1 saturated heterocycles. The molecule has 3 atom stereocenters. The van der Waals surface area contributed by atoms with Gasteiger partial charge in [0.05, 0.1) is 17.0 Å². The van der Waals surface area contributed by atoms with E-state index in [-0.39, 0.29) is 12.7 Å². The molecule has 0 spiro atoms. The van der Waals surface area contributed by atoms with Crippen LogP contribution in [0.2, 0.25) is 0 Å². The summed E-state index contributed by atoms with van der Waals surface area (Å²) in [5.74, 6) is 0.680. The van der Waals surface area contributed by atoms with E-state index < -0.39 is 17.7 Å². The van der Waals surface area contributed by atoms with E-state index in [1.165, 1.54) is 22.4 Å². The fourth-order valence-corrected chi connectivity index (χ4v) is 5.35. The van der Waals surface area contributed by atoms with Crippen LogP contribution in [0.15, 0.2) is 48.1 Å². The first kappa shape index (κ1) is 20.5. The fourth-order valence-electron chi connectivity index (χ4n) is 4.28. The molecule has 4 heterocycles. The summed E-state index contributed by atoms with van der Waals surface area (Å²) in [6.45, 7) is 2.16. The van der Waals surface area contributed by atoms with Crippen LogP contribution in [-0.4, -0.2) is 35.9 Å². The fraction of sp³-hybridized carbons (Fsp3) is 0.261. The van der Waals surface area contributed by atoms with Crippen molar-refractivity contribution in [1.29, 1.82) is 5.26 Å². The molecule has 2 aliphatic heterocycles. The largest absolute Gasteiger partial charge is 0.454 e. The third-order valence-corrected chi connectivity index (χ3v) is 7.25. The molecule has 0 bridgehead atoms. The Kier molecular flexibility index (Phi) is 4.86. The van der Waals surface area contributed by atoms with Gasteiger partial charge in [-0.15, -0.1) is 11.3 Å². The third kappa shape index (κ3) is 3.20. The number of fused-ring (bicyclic) bond motifs is 1. The van der Waals surface area contributed by atoms with Gasteiger partial charge in [-0.2, -0.15) is 5.26 Å². The number of carbonyl (C=O) groups is 1. The normalized spacial score (nSPS) is 24.4. The summed E-state index contributed by atoms with van der Waals surface area (Å²) >= 11 is 1.54. The van der Waals surface area contributed by atoms with Gasteiger partial charge in [-0.1, -0.05) is 6.07 Å². The molecule has 0 radical (unpaired) electrons. The van der Waals surface area contributed by atoms with Crippen LogP contribution in [0.5, 0.6) is 11.5 Å². The Bertz CT molecular complexity index is 1250. The van der Waals surface area contributed by atoms with Crippen LogP contribution in [0, 0.1) is 11.3 Å². The second kappa shape index (κ2) is 7.60. The zero-order valence-corrected chi connectivity index (χ0v) is 18.3. The van der Waals surface area contributed by atoms with Crippen molar-refractivity contribution in [2.45, 2.75) is 24.7 Å². The van der Waals surface area contributed by atoms with Crippen LogP contribution in [0.4, 0.5) is 0 Å². The molecule has 1 aromatic carbocycles. The lowest BCUT2D eigenvalue weighted by Crippen LogP contribution is -2.67. The van der Waals surface area contributed by atoms with Gasteiger partial charge in [0.2, 0.25) is 12.7 Å². The number of amides is 1. The van der Waals surface area contributed by atoms with Crippen LogP contribution in [0.3, 0.4) is 0 Å². The molecule has 1 fully saturated rings. The summed E-state index contributed by atoms with van der Waals surface area (Å²) in [6, 6.07) is 11.5. The number of hydrogen-bond donors (Lipinski definition) is 2. The molecule has 1 amide bonds. The van der Waals surface area contributed by atoms with Crippen molar-refractivity contribution in [3.8, 4) is 28.7 Å². The molecule has 2 aliphatic rings. The summed E-state index contributed by atoms with van der Waals surface area (Å²) < 4.78 is 11.0. The maximum Gasteiger partial charge on any atom is 0.234 e. The highest BCUT2D eigenvalue weighted by atomic mass is 32.1. The third-order valence-electron chi connectivity index (χ3n) is 6.08. The number of ether oxygens (including phenoxy) is 2. The lowest BCUT2D eigenvalue weighted by molar-refractivity contribution is -0.142. The molecule has 9 heteroatoms. The van der Waals surface area contributed by atoms with E-state index in [1.807, 2.05) is 36.6 Å². The number of pyridine rings is 1. The van der Waals surface area contributed by atoms with E-state index in [4.69, 9.17) is 15.2 Å². The van der Waals surface area contributed by atoms with Crippen LogP contribution in [0.1, 0.15) is 28.8 Å². The zero-order valence-electron chi connectivity index (χ0n) is 17.5. The van der Waals surface area contributed by atoms with Crippen molar-refractivity contribution < 1.29 is 14.3 Å². The van der Waals surface area contributed by atoms with E-state index >= 15 is 0 Å². The quantitative estimate of drug-likeness (QED) is 0.635. The van der Waals surface area contributed by atoms with Gasteiger partial charge in [0.1, 0.15) is 12.4 Å². The summed E-state index contributed by atoms with van der Waals surface area (Å²) in [7, 11) is 1.69. The number of likely N-dealkylation sites (N-methyl/N-ethyl adjacent to an activating group) is 1. The molecular weight excluding hydrogens is 426 g/mol. The minimum Gasteiger partial charge on any atom is -0.454 e. The molecular formula is C23H21N5O3S. The molecule has 8 nitrogen and oxygen atoms in total. The highest BCUT2D eigenvalue weighted by molar-refractivity contribution is 7.10. The first-order valence-electron chi connectivity index (χ1n) is 10.0. The Morgan fingerprint density at radius 2 is 2.06 bits per heavy atom. The van der Waals surface area contributed by atoms with Gasteiger partial charge in [-0.05, 0) is 47.7 Å². The van der Waals surface area contributed by atoms with Gasteiger partial charge in [-0.25, -0.2) is 0 Å². The highest BCUT2D eigenvalue weighted by Gasteiger charge is 2.49. The van der Waals surface area contributed by atoms with Gasteiger partial charge in [0.15, 0.2) is 11.5 Å². The predicted octanol–water partition coefficient (Wildman–Crippen LogP) is 2.71. The summed E-state index contributed by atoms with van der Waals surface area (Å²) in [4.78, 5) is 20.1. The molecule has 2 unspecified atom stereocenters. The second-order valence-corrected chi connectivity index (χ2v) is 8.97. The number of nitrogens with zero attached hydrogens (tertiary/aromatic N) is 3. The predicted molar refractivity (Wildman–Crippen MR) is 119 cm³/mol. The Balaban J connectivity index is 1.59. The Labute approximate surface area is 189 Å². The molecule has 0 aliphatic carbocycles. The number of rotatable bonds is 3. The van der Waals surface area contributed by atoms with Gasteiger partial charge in [0, 0.05) is 29.9 Å². The first-order chi connectivity index (χ1) is 15.4. The summed E-state index contributed by atoms with van der Waals surface area (Å²) in [5.41, 5.74) is 8.60. The van der Waals surface area contributed by atoms with Crippen LogP contribution in [0.25, 0.3) is 11.1 Å². The number of hydrogen-bond acceptors (Lipinski definition) is 8. The van der Waals surface area contributed by atoms with E-state index in [0.29, 0.717) is 17.1 Å². The topological polar surface area (TPSA) is 114 Å². The van der Waals surface area contributed by atoms with Crippen molar-refractivity contribution in [1.82, 2.24) is 15.2 Å². The van der Waals surface area contributed by atoms with E-state index in [0.717, 1.165) is 21.6 Å². The molecule has 0 saturated carbocycles. The maximum atomic E-state index is 13.5. The van der Waals surface area contributed by atoms with Crippen molar-refractivity contribution in [2.24, 2.45) is 5.73 Å². The number of nitrogens with one attached hydrogen (secondary N) is 1. The Morgan fingerprint density at radius 3 is 2.88 bits per heavy atom. The van der Waals surface area contributed by atoms with Gasteiger partial charge in [0.25, 0.3) is 0 Å². The number of carbonyl (C=O) groups excluding carboxylic acids is 1. The van der Waals surface area contributed by atoms with Crippen molar-refractivity contribution >= 4 is 17.2 Å². The average molecular weight is 448 g/mol. The molecule has 32 heavy (non-hydrogen) atoms. The molecule has 162 valence electrons. The molecule has 2 aromatic heterocycles. The second-order valence-electron chi connectivity index (χ2n) is 8.06. The van der Waals surface area contributed by atoms with Crippen LogP contribution < -0.4 is 20.5 Å². The first-order valence-corrected chi connectivity index (χ1v) is 10.9. The van der Waals surface area contributed by atoms with Crippen LogP contribution in [-0.2, 0) is 10.3 Å². The number of thiophene rings is 1. The minimum atomic E-state index is -0.764. The van der Waals surface area contributed by atoms with Crippen molar-refractivity contribution in [3.63, 3.8) is 0 Å². The summed E-state index contributed by atoms with van der Waals surface area (Å²) in [6.07, 6.45) is 2.62.